The van der Waals surface area contributed by atoms with Crippen LogP contribution in [0.25, 0.3) is 11.3 Å². The van der Waals surface area contributed by atoms with Gasteiger partial charge in [0.2, 0.25) is 5.13 Å². The summed E-state index contributed by atoms with van der Waals surface area (Å²) in [4.78, 5) is 9.32. The van der Waals surface area contributed by atoms with Gasteiger partial charge in [0.15, 0.2) is 11.5 Å². The predicted molar refractivity (Wildman–Crippen MR) is 144 cm³/mol. The summed E-state index contributed by atoms with van der Waals surface area (Å²) < 4.78 is 11.5. The van der Waals surface area contributed by atoms with E-state index in [0.29, 0.717) is 18.1 Å². The Hall–Kier alpha value is -3.44. The van der Waals surface area contributed by atoms with Gasteiger partial charge in [0.25, 0.3) is 0 Å². The van der Waals surface area contributed by atoms with E-state index in [-0.39, 0.29) is 0 Å². The molecule has 1 aromatic heterocycles. The Kier molecular flexibility index (Phi) is 7.54. The Labute approximate surface area is 211 Å². The summed E-state index contributed by atoms with van der Waals surface area (Å²) >= 11 is 1.55. The van der Waals surface area contributed by atoms with Crippen LogP contribution in [0.15, 0.2) is 83.2 Å². The van der Waals surface area contributed by atoms with Gasteiger partial charge in [-0.3, -0.25) is 0 Å². The summed E-state index contributed by atoms with van der Waals surface area (Å²) in [5.41, 5.74) is 5.63. The largest absolute Gasteiger partial charge is 0.493 e. The fourth-order valence-corrected chi connectivity index (χ4v) is 5.24. The van der Waals surface area contributed by atoms with Crippen molar-refractivity contribution in [2.45, 2.75) is 44.6 Å². The Bertz CT molecular complexity index is 1260. The minimum absolute atomic E-state index is 0.494. The van der Waals surface area contributed by atoms with Crippen molar-refractivity contribution in [1.29, 1.82) is 0 Å². The molecule has 1 fully saturated rings. The first kappa shape index (κ1) is 23.3. The van der Waals surface area contributed by atoms with Gasteiger partial charge in [-0.1, -0.05) is 73.9 Å². The zero-order valence-electron chi connectivity index (χ0n) is 20.0. The third kappa shape index (κ3) is 5.98. The van der Waals surface area contributed by atoms with Crippen LogP contribution in [0.3, 0.4) is 0 Å². The standard InChI is InChI=1S/C30H30N2O2S/c1-33-29-18-23(12-17-28(29)34-20-22-8-4-2-5-9-22)19-31-30-32-27(21-35-30)26-15-13-25(14-16-26)24-10-6-3-7-11-24/h2,4-5,8-9,12-19,21,24H,3,6-7,10-11,20H2,1H3. The molecule has 0 amide bonds. The van der Waals surface area contributed by atoms with E-state index >= 15 is 0 Å². The number of rotatable bonds is 8. The lowest BCUT2D eigenvalue weighted by molar-refractivity contribution is 0.284. The van der Waals surface area contributed by atoms with Gasteiger partial charge in [-0.15, -0.1) is 11.3 Å². The van der Waals surface area contributed by atoms with Crippen molar-refractivity contribution in [3.63, 3.8) is 0 Å². The van der Waals surface area contributed by atoms with Crippen molar-refractivity contribution in [1.82, 2.24) is 4.98 Å². The summed E-state index contributed by atoms with van der Waals surface area (Å²) in [6, 6.07) is 24.9. The van der Waals surface area contributed by atoms with Crippen LogP contribution in [0.5, 0.6) is 11.5 Å². The van der Waals surface area contributed by atoms with E-state index in [0.717, 1.165) is 33.4 Å². The molecule has 0 spiro atoms. The predicted octanol–water partition coefficient (Wildman–Crippen LogP) is 8.20. The number of thiazole rings is 1. The third-order valence-corrected chi connectivity index (χ3v) is 7.27. The fraction of sp³-hybridized carbons (Fsp3) is 0.267. The second kappa shape index (κ2) is 11.3. The van der Waals surface area contributed by atoms with Crippen LogP contribution in [0.1, 0.15) is 54.7 Å². The van der Waals surface area contributed by atoms with Gasteiger partial charge in [0.05, 0.1) is 12.8 Å². The van der Waals surface area contributed by atoms with Gasteiger partial charge >= 0.3 is 0 Å². The van der Waals surface area contributed by atoms with Crippen LogP contribution in [-0.4, -0.2) is 18.3 Å². The maximum absolute atomic E-state index is 5.95. The Balaban J connectivity index is 1.23. The first-order valence-corrected chi connectivity index (χ1v) is 13.1. The van der Waals surface area contributed by atoms with E-state index in [2.05, 4.69) is 34.6 Å². The highest BCUT2D eigenvalue weighted by molar-refractivity contribution is 7.13. The molecular weight excluding hydrogens is 452 g/mol. The molecule has 5 rings (SSSR count). The van der Waals surface area contributed by atoms with Gasteiger partial charge in [0.1, 0.15) is 6.61 Å². The number of methoxy groups -OCH3 is 1. The fourth-order valence-electron chi connectivity index (χ4n) is 4.57. The monoisotopic (exact) mass is 482 g/mol. The molecule has 0 N–H and O–H groups in total. The van der Waals surface area contributed by atoms with Crippen LogP contribution in [-0.2, 0) is 6.61 Å². The van der Waals surface area contributed by atoms with E-state index in [4.69, 9.17) is 14.5 Å². The van der Waals surface area contributed by atoms with Crippen LogP contribution >= 0.6 is 11.3 Å². The second-order valence-electron chi connectivity index (χ2n) is 8.92. The van der Waals surface area contributed by atoms with Gasteiger partial charge in [-0.05, 0) is 53.6 Å². The average molecular weight is 483 g/mol. The van der Waals surface area contributed by atoms with E-state index in [1.807, 2.05) is 54.7 Å². The Morgan fingerprint density at radius 2 is 1.74 bits per heavy atom. The molecule has 3 aromatic carbocycles. The summed E-state index contributed by atoms with van der Waals surface area (Å²) in [6.07, 6.45) is 8.55. The maximum atomic E-state index is 5.95. The van der Waals surface area contributed by atoms with Crippen LogP contribution in [0.2, 0.25) is 0 Å². The molecule has 0 unspecified atom stereocenters. The molecule has 0 aliphatic heterocycles. The SMILES string of the molecule is COc1cc(C=Nc2nc(-c3ccc(C4CCCCC4)cc3)cs2)ccc1OCc1ccccc1. The summed E-state index contributed by atoms with van der Waals surface area (Å²) in [5.74, 6) is 2.12. The summed E-state index contributed by atoms with van der Waals surface area (Å²) in [5, 5.41) is 2.81. The lowest BCUT2D eigenvalue weighted by Gasteiger charge is -2.22. The quantitative estimate of drug-likeness (QED) is 0.238. The van der Waals surface area contributed by atoms with Crippen LogP contribution in [0, 0.1) is 0 Å². The Morgan fingerprint density at radius 1 is 0.943 bits per heavy atom. The average Bonchev–Trinajstić information content (AvgIpc) is 3.41. The normalized spacial score (nSPS) is 14.3. The van der Waals surface area contributed by atoms with Gasteiger partial charge < -0.3 is 9.47 Å². The van der Waals surface area contributed by atoms with Crippen molar-refractivity contribution in [3.05, 3.63) is 94.9 Å². The smallest absolute Gasteiger partial charge is 0.209 e. The molecule has 0 saturated heterocycles. The number of hydrogen-bond acceptors (Lipinski definition) is 5. The van der Waals surface area contributed by atoms with Gasteiger partial charge in [-0.2, -0.15) is 0 Å². The van der Waals surface area contributed by atoms with Crippen molar-refractivity contribution in [3.8, 4) is 22.8 Å². The minimum Gasteiger partial charge on any atom is -0.493 e. The molecule has 1 heterocycles. The number of aliphatic imine (C=N–C) groups is 1. The van der Waals surface area contributed by atoms with E-state index in [1.165, 1.54) is 37.7 Å². The number of benzene rings is 3. The van der Waals surface area contributed by atoms with Gasteiger partial charge in [-0.25, -0.2) is 9.98 Å². The molecule has 0 bridgehead atoms. The number of aromatic nitrogens is 1. The first-order chi connectivity index (χ1) is 17.3. The number of hydrogen-bond donors (Lipinski definition) is 0. The molecule has 5 heteroatoms. The highest BCUT2D eigenvalue weighted by Gasteiger charge is 2.15. The molecule has 35 heavy (non-hydrogen) atoms. The zero-order chi connectivity index (χ0) is 23.9. The topological polar surface area (TPSA) is 43.7 Å². The van der Waals surface area contributed by atoms with Crippen molar-refractivity contribution >= 4 is 22.7 Å². The second-order valence-corrected chi connectivity index (χ2v) is 9.75. The molecule has 0 radical (unpaired) electrons. The van der Waals surface area contributed by atoms with Crippen LogP contribution < -0.4 is 9.47 Å². The lowest BCUT2D eigenvalue weighted by Crippen LogP contribution is -2.04. The third-order valence-electron chi connectivity index (χ3n) is 6.52. The van der Waals surface area contributed by atoms with Gasteiger partial charge in [0, 0.05) is 17.2 Å². The zero-order valence-corrected chi connectivity index (χ0v) is 20.8. The molecule has 4 aromatic rings. The van der Waals surface area contributed by atoms with E-state index in [1.54, 1.807) is 18.4 Å². The molecular formula is C30H30N2O2S. The number of nitrogens with zero attached hydrogens (tertiary/aromatic N) is 2. The molecule has 4 nitrogen and oxygen atoms in total. The minimum atomic E-state index is 0.494. The first-order valence-electron chi connectivity index (χ1n) is 12.2. The highest BCUT2D eigenvalue weighted by Crippen LogP contribution is 2.34. The molecule has 1 aliphatic rings. The van der Waals surface area contributed by atoms with E-state index < -0.39 is 0 Å². The molecule has 0 atom stereocenters. The maximum Gasteiger partial charge on any atom is 0.209 e. The number of ether oxygens (including phenoxy) is 2. The van der Waals surface area contributed by atoms with Crippen molar-refractivity contribution < 1.29 is 9.47 Å². The summed E-state index contributed by atoms with van der Waals surface area (Å²) in [7, 11) is 1.65. The van der Waals surface area contributed by atoms with Crippen molar-refractivity contribution in [2.24, 2.45) is 4.99 Å². The Morgan fingerprint density at radius 3 is 2.51 bits per heavy atom. The van der Waals surface area contributed by atoms with Crippen LogP contribution in [0.4, 0.5) is 5.13 Å². The lowest BCUT2D eigenvalue weighted by atomic mass is 9.84. The molecule has 178 valence electrons. The van der Waals surface area contributed by atoms with Crippen molar-refractivity contribution in [2.75, 3.05) is 7.11 Å². The summed E-state index contributed by atoms with van der Waals surface area (Å²) in [6.45, 7) is 0.494. The highest BCUT2D eigenvalue weighted by atomic mass is 32.1. The molecule has 1 saturated carbocycles. The van der Waals surface area contributed by atoms with E-state index in [9.17, 15) is 0 Å². The molecule has 1 aliphatic carbocycles.